The Kier molecular flexibility index (Phi) is 5.58. The van der Waals surface area contributed by atoms with E-state index in [1.54, 1.807) is 40.0 Å². The molecular weight excluding hydrogens is 258 g/mol. The average molecular weight is 279 g/mol. The number of hydrogen-bond donors (Lipinski definition) is 2. The zero-order chi connectivity index (χ0) is 15.2. The van der Waals surface area contributed by atoms with Gasteiger partial charge in [0.05, 0.1) is 13.7 Å². The maximum atomic E-state index is 11.7. The van der Waals surface area contributed by atoms with E-state index in [1.807, 2.05) is 18.2 Å². The summed E-state index contributed by atoms with van der Waals surface area (Å²) in [6.07, 6.45) is 1.04. The van der Waals surface area contributed by atoms with Crippen LogP contribution < -0.4 is 10.1 Å². The summed E-state index contributed by atoms with van der Waals surface area (Å²) in [5.74, 6) is 0.657. The summed E-state index contributed by atoms with van der Waals surface area (Å²) in [6.45, 7) is 5.01. The molecule has 0 saturated heterocycles. The Morgan fingerprint density at radius 1 is 1.35 bits per heavy atom. The largest absolute Gasteiger partial charge is 0.496 e. The van der Waals surface area contributed by atoms with Gasteiger partial charge in [0.2, 0.25) is 0 Å². The van der Waals surface area contributed by atoms with Gasteiger partial charge in [0.1, 0.15) is 11.4 Å². The van der Waals surface area contributed by atoms with E-state index in [0.29, 0.717) is 11.4 Å². The number of methoxy groups -OCH3 is 1. The highest BCUT2D eigenvalue weighted by Crippen LogP contribution is 2.19. The van der Waals surface area contributed by atoms with E-state index in [4.69, 9.17) is 9.47 Å². The van der Waals surface area contributed by atoms with Gasteiger partial charge in [-0.25, -0.2) is 4.79 Å². The lowest BCUT2D eigenvalue weighted by Gasteiger charge is -2.20. The van der Waals surface area contributed by atoms with Crippen molar-refractivity contribution in [3.63, 3.8) is 0 Å². The van der Waals surface area contributed by atoms with Crippen molar-refractivity contribution in [2.75, 3.05) is 13.7 Å². The Hall–Kier alpha value is -2.01. The molecule has 20 heavy (non-hydrogen) atoms. The fraction of sp³-hybridized carbons (Fsp3) is 0.400. The lowest BCUT2D eigenvalue weighted by Crippen LogP contribution is -2.32. The SMILES string of the molecule is COc1ccccc1/C=C(\CO)NC(=O)OC(C)(C)C. The lowest BCUT2D eigenvalue weighted by atomic mass is 10.1. The Labute approximate surface area is 119 Å². The Morgan fingerprint density at radius 2 is 2.00 bits per heavy atom. The zero-order valence-corrected chi connectivity index (χ0v) is 12.3. The summed E-state index contributed by atoms with van der Waals surface area (Å²) in [6, 6.07) is 7.31. The van der Waals surface area contributed by atoms with Gasteiger partial charge in [0, 0.05) is 11.3 Å². The van der Waals surface area contributed by atoms with Crippen LogP contribution in [0.15, 0.2) is 30.0 Å². The van der Waals surface area contributed by atoms with Gasteiger partial charge in [-0.3, -0.25) is 5.32 Å². The minimum atomic E-state index is -0.604. The molecule has 1 aromatic rings. The van der Waals surface area contributed by atoms with Gasteiger partial charge in [-0.05, 0) is 32.9 Å². The number of para-hydroxylation sites is 1. The third kappa shape index (κ3) is 5.32. The average Bonchev–Trinajstić information content (AvgIpc) is 2.36. The van der Waals surface area contributed by atoms with E-state index < -0.39 is 11.7 Å². The predicted octanol–water partition coefficient (Wildman–Crippen LogP) is 2.55. The molecule has 0 spiro atoms. The first kappa shape index (κ1) is 16.0. The summed E-state index contributed by atoms with van der Waals surface area (Å²) in [4.78, 5) is 11.7. The molecule has 0 aliphatic heterocycles. The van der Waals surface area contributed by atoms with E-state index in [9.17, 15) is 9.90 Å². The van der Waals surface area contributed by atoms with Crippen molar-refractivity contribution in [2.24, 2.45) is 0 Å². The fourth-order valence-electron chi connectivity index (χ4n) is 1.53. The summed E-state index contributed by atoms with van der Waals surface area (Å²) >= 11 is 0. The number of carbonyl (C=O) groups is 1. The minimum Gasteiger partial charge on any atom is -0.496 e. The van der Waals surface area contributed by atoms with Crippen LogP contribution in [0.3, 0.4) is 0 Å². The van der Waals surface area contributed by atoms with Gasteiger partial charge >= 0.3 is 6.09 Å². The maximum absolute atomic E-state index is 11.7. The minimum absolute atomic E-state index is 0.308. The third-order valence-electron chi connectivity index (χ3n) is 2.30. The molecule has 0 atom stereocenters. The number of amides is 1. The van der Waals surface area contributed by atoms with Gasteiger partial charge in [-0.2, -0.15) is 0 Å². The second-order valence-electron chi connectivity index (χ2n) is 5.20. The Balaban J connectivity index is 2.85. The first-order chi connectivity index (χ1) is 9.35. The van der Waals surface area contributed by atoms with Gasteiger partial charge in [0.15, 0.2) is 0 Å². The molecule has 0 saturated carbocycles. The van der Waals surface area contributed by atoms with Crippen molar-refractivity contribution in [1.29, 1.82) is 0 Å². The highest BCUT2D eigenvalue weighted by atomic mass is 16.6. The summed E-state index contributed by atoms with van der Waals surface area (Å²) in [5.41, 5.74) is 0.508. The second kappa shape index (κ2) is 6.96. The Morgan fingerprint density at radius 3 is 2.55 bits per heavy atom. The highest BCUT2D eigenvalue weighted by molar-refractivity contribution is 5.73. The highest BCUT2D eigenvalue weighted by Gasteiger charge is 2.16. The van der Waals surface area contributed by atoms with Crippen LogP contribution in [-0.4, -0.2) is 30.5 Å². The van der Waals surface area contributed by atoms with Crippen molar-refractivity contribution in [3.05, 3.63) is 35.5 Å². The number of aliphatic hydroxyl groups is 1. The van der Waals surface area contributed by atoms with Crippen LogP contribution in [0.25, 0.3) is 6.08 Å². The molecule has 5 nitrogen and oxygen atoms in total. The quantitative estimate of drug-likeness (QED) is 0.888. The van der Waals surface area contributed by atoms with E-state index >= 15 is 0 Å². The van der Waals surface area contributed by atoms with Crippen LogP contribution in [0.2, 0.25) is 0 Å². The molecule has 0 heterocycles. The summed E-state index contributed by atoms with van der Waals surface area (Å²) in [7, 11) is 1.56. The molecule has 0 unspecified atom stereocenters. The van der Waals surface area contributed by atoms with E-state index in [0.717, 1.165) is 5.56 Å². The number of nitrogens with one attached hydrogen (secondary N) is 1. The topological polar surface area (TPSA) is 67.8 Å². The van der Waals surface area contributed by atoms with Crippen LogP contribution in [0.1, 0.15) is 26.3 Å². The zero-order valence-electron chi connectivity index (χ0n) is 12.3. The maximum Gasteiger partial charge on any atom is 0.411 e. The normalized spacial score (nSPS) is 11.9. The van der Waals surface area contributed by atoms with Crippen LogP contribution in [-0.2, 0) is 4.74 Å². The van der Waals surface area contributed by atoms with E-state index in [-0.39, 0.29) is 6.61 Å². The Bertz CT molecular complexity index is 489. The number of carbonyl (C=O) groups excluding carboxylic acids is 1. The van der Waals surface area contributed by atoms with Crippen molar-refractivity contribution in [3.8, 4) is 5.75 Å². The molecule has 0 radical (unpaired) electrons. The summed E-state index contributed by atoms with van der Waals surface area (Å²) < 4.78 is 10.3. The fourth-order valence-corrected chi connectivity index (χ4v) is 1.53. The number of rotatable bonds is 4. The van der Waals surface area contributed by atoms with Crippen molar-refractivity contribution < 1.29 is 19.4 Å². The number of alkyl carbamates (subject to hydrolysis) is 1. The van der Waals surface area contributed by atoms with Gasteiger partial charge < -0.3 is 14.6 Å². The first-order valence-corrected chi connectivity index (χ1v) is 6.30. The van der Waals surface area contributed by atoms with Crippen molar-refractivity contribution in [2.45, 2.75) is 26.4 Å². The smallest absolute Gasteiger partial charge is 0.411 e. The molecule has 110 valence electrons. The second-order valence-corrected chi connectivity index (χ2v) is 5.20. The lowest BCUT2D eigenvalue weighted by molar-refractivity contribution is 0.0539. The molecule has 5 heteroatoms. The molecule has 0 aliphatic carbocycles. The monoisotopic (exact) mass is 279 g/mol. The van der Waals surface area contributed by atoms with Crippen molar-refractivity contribution in [1.82, 2.24) is 5.32 Å². The molecule has 1 amide bonds. The van der Waals surface area contributed by atoms with E-state index in [2.05, 4.69) is 5.32 Å². The molecular formula is C15H21NO4. The van der Waals surface area contributed by atoms with Crippen LogP contribution in [0, 0.1) is 0 Å². The molecule has 0 fully saturated rings. The van der Waals surface area contributed by atoms with Crippen molar-refractivity contribution >= 4 is 12.2 Å². The van der Waals surface area contributed by atoms with Crippen LogP contribution in [0.4, 0.5) is 4.79 Å². The molecule has 0 aliphatic rings. The molecule has 1 rings (SSSR count). The molecule has 2 N–H and O–H groups in total. The molecule has 0 bridgehead atoms. The number of aliphatic hydroxyl groups excluding tert-OH is 1. The standard InChI is InChI=1S/C15H21NO4/c1-15(2,3)20-14(18)16-12(10-17)9-11-7-5-6-8-13(11)19-4/h5-9,17H,10H2,1-4H3,(H,16,18)/b12-9+. The van der Waals surface area contributed by atoms with Gasteiger partial charge in [-0.1, -0.05) is 18.2 Å². The molecule has 0 aromatic heterocycles. The predicted molar refractivity (Wildman–Crippen MR) is 77.4 cm³/mol. The first-order valence-electron chi connectivity index (χ1n) is 6.30. The van der Waals surface area contributed by atoms with E-state index in [1.165, 1.54) is 0 Å². The molecule has 1 aromatic carbocycles. The summed E-state index contributed by atoms with van der Waals surface area (Å²) in [5, 5.41) is 11.8. The third-order valence-corrected chi connectivity index (χ3v) is 2.30. The number of hydrogen-bond acceptors (Lipinski definition) is 4. The van der Waals surface area contributed by atoms with Crippen LogP contribution in [0.5, 0.6) is 5.75 Å². The van der Waals surface area contributed by atoms with Crippen LogP contribution >= 0.6 is 0 Å². The number of benzene rings is 1. The van der Waals surface area contributed by atoms with Gasteiger partial charge in [-0.15, -0.1) is 0 Å². The number of ether oxygens (including phenoxy) is 2. The van der Waals surface area contributed by atoms with Gasteiger partial charge in [0.25, 0.3) is 0 Å².